The topological polar surface area (TPSA) is 67.5 Å². The van der Waals surface area contributed by atoms with Crippen molar-refractivity contribution in [1.82, 2.24) is 14.6 Å². The summed E-state index contributed by atoms with van der Waals surface area (Å²) in [5.41, 5.74) is 7.37. The third-order valence-corrected chi connectivity index (χ3v) is 5.86. The molecule has 0 aliphatic carbocycles. The number of hydrogen-bond acceptors (Lipinski definition) is 4. The second-order valence-corrected chi connectivity index (χ2v) is 9.64. The largest absolute Gasteiger partial charge is 0.396 e. The highest BCUT2D eigenvalue weighted by molar-refractivity contribution is 5.97. The van der Waals surface area contributed by atoms with E-state index in [1.165, 1.54) is 5.56 Å². The van der Waals surface area contributed by atoms with E-state index in [0.29, 0.717) is 5.56 Å². The summed E-state index contributed by atoms with van der Waals surface area (Å²) < 4.78 is 1.84. The highest BCUT2D eigenvalue weighted by Crippen LogP contribution is 2.25. The van der Waals surface area contributed by atoms with Crippen LogP contribution in [0.4, 0.5) is 0 Å². The van der Waals surface area contributed by atoms with Crippen LogP contribution in [-0.2, 0) is 18.3 Å². The Morgan fingerprint density at radius 2 is 1.79 bits per heavy atom. The molecule has 2 heterocycles. The number of aromatic nitrogens is 3. The molecule has 33 heavy (non-hydrogen) atoms. The molecule has 0 unspecified atom stereocenters. The van der Waals surface area contributed by atoms with Gasteiger partial charge in [0.05, 0.1) is 23.5 Å². The first kappa shape index (κ1) is 22.9. The summed E-state index contributed by atoms with van der Waals surface area (Å²) in [5.74, 6) is 0.0474. The van der Waals surface area contributed by atoms with E-state index in [1.54, 1.807) is 0 Å². The van der Waals surface area contributed by atoms with Crippen LogP contribution in [0.25, 0.3) is 16.9 Å². The van der Waals surface area contributed by atoms with Crippen molar-refractivity contribution in [1.29, 1.82) is 0 Å². The Kier molecular flexibility index (Phi) is 6.43. The zero-order valence-corrected chi connectivity index (χ0v) is 19.8. The van der Waals surface area contributed by atoms with Gasteiger partial charge in [0.25, 0.3) is 0 Å². The standard InChI is InChI=1S/C28H31N3O2/c1-19-15-27-29-24(18-26(33)21-10-12-23(13-11-21)28(2,3)4)17-25(31(27)30-19)22-9-5-7-20(16-22)8-6-14-32/h5,7,9-13,15-17,32H,6,8,14,18H2,1-4H3. The molecule has 5 nitrogen and oxygen atoms in total. The monoisotopic (exact) mass is 441 g/mol. The van der Waals surface area contributed by atoms with Crippen LogP contribution in [0.5, 0.6) is 0 Å². The van der Waals surface area contributed by atoms with Crippen LogP contribution in [0.2, 0.25) is 0 Å². The van der Waals surface area contributed by atoms with Gasteiger partial charge in [-0.1, -0.05) is 63.2 Å². The quantitative estimate of drug-likeness (QED) is 0.393. The van der Waals surface area contributed by atoms with Crippen LogP contribution in [0.15, 0.2) is 60.7 Å². The number of benzene rings is 2. The molecule has 0 fully saturated rings. The van der Waals surface area contributed by atoms with Crippen LogP contribution in [-0.4, -0.2) is 32.1 Å². The maximum Gasteiger partial charge on any atom is 0.168 e. The third-order valence-electron chi connectivity index (χ3n) is 5.86. The lowest BCUT2D eigenvalue weighted by molar-refractivity contribution is 0.0992. The third kappa shape index (κ3) is 5.20. The molecule has 170 valence electrons. The van der Waals surface area contributed by atoms with Gasteiger partial charge in [0.15, 0.2) is 11.4 Å². The fourth-order valence-corrected chi connectivity index (χ4v) is 4.03. The van der Waals surface area contributed by atoms with Gasteiger partial charge in [-0.3, -0.25) is 4.79 Å². The molecule has 0 aliphatic heterocycles. The second kappa shape index (κ2) is 9.28. The van der Waals surface area contributed by atoms with Crippen LogP contribution in [0, 0.1) is 6.92 Å². The molecule has 0 bridgehead atoms. The number of carbonyl (C=O) groups is 1. The van der Waals surface area contributed by atoms with Crippen molar-refractivity contribution in [2.45, 2.75) is 52.4 Å². The number of ketones is 1. The van der Waals surface area contributed by atoms with Crippen molar-refractivity contribution in [2.24, 2.45) is 0 Å². The Morgan fingerprint density at radius 3 is 2.48 bits per heavy atom. The first-order chi connectivity index (χ1) is 15.7. The van der Waals surface area contributed by atoms with Crippen LogP contribution < -0.4 is 0 Å². The second-order valence-electron chi connectivity index (χ2n) is 9.64. The summed E-state index contributed by atoms with van der Waals surface area (Å²) >= 11 is 0. The van der Waals surface area contributed by atoms with Gasteiger partial charge in [0.2, 0.25) is 0 Å². The van der Waals surface area contributed by atoms with E-state index in [4.69, 9.17) is 4.98 Å². The molecule has 0 spiro atoms. The predicted octanol–water partition coefficient (Wildman–Crippen LogP) is 5.35. The maximum atomic E-state index is 13.1. The van der Waals surface area contributed by atoms with Gasteiger partial charge < -0.3 is 5.11 Å². The normalized spacial score (nSPS) is 11.8. The first-order valence-electron chi connectivity index (χ1n) is 11.4. The van der Waals surface area contributed by atoms with E-state index in [0.717, 1.165) is 46.7 Å². The summed E-state index contributed by atoms with van der Waals surface area (Å²) in [6.07, 6.45) is 1.77. The van der Waals surface area contributed by atoms with Crippen molar-refractivity contribution in [3.8, 4) is 11.3 Å². The number of carbonyl (C=O) groups excluding carboxylic acids is 1. The summed E-state index contributed by atoms with van der Waals surface area (Å²) in [6.45, 7) is 8.60. The lowest BCUT2D eigenvalue weighted by Crippen LogP contribution is -2.12. The fraction of sp³-hybridized carbons (Fsp3) is 0.321. The lowest BCUT2D eigenvalue weighted by Gasteiger charge is -2.19. The number of hydrogen-bond donors (Lipinski definition) is 1. The predicted molar refractivity (Wildman–Crippen MR) is 132 cm³/mol. The molecule has 2 aromatic heterocycles. The molecule has 0 atom stereocenters. The Labute approximate surface area is 195 Å². The number of rotatable bonds is 7. The van der Waals surface area contributed by atoms with Gasteiger partial charge in [-0.05, 0) is 48.4 Å². The van der Waals surface area contributed by atoms with Crippen molar-refractivity contribution in [2.75, 3.05) is 6.61 Å². The smallest absolute Gasteiger partial charge is 0.168 e. The Bertz CT molecular complexity index is 1280. The minimum absolute atomic E-state index is 0.0474. The van der Waals surface area contributed by atoms with E-state index >= 15 is 0 Å². The average molecular weight is 442 g/mol. The van der Waals surface area contributed by atoms with Crippen molar-refractivity contribution in [3.05, 3.63) is 88.7 Å². The van der Waals surface area contributed by atoms with Gasteiger partial charge >= 0.3 is 0 Å². The number of nitrogens with zero attached hydrogens (tertiary/aromatic N) is 3. The molecular weight excluding hydrogens is 410 g/mol. The molecule has 5 heteroatoms. The summed E-state index contributed by atoms with van der Waals surface area (Å²) in [5, 5.41) is 13.8. The number of fused-ring (bicyclic) bond motifs is 1. The van der Waals surface area contributed by atoms with Crippen molar-refractivity contribution < 1.29 is 9.90 Å². The van der Waals surface area contributed by atoms with Crippen LogP contribution in [0.3, 0.4) is 0 Å². The molecule has 1 N–H and O–H groups in total. The highest BCUT2D eigenvalue weighted by atomic mass is 16.2. The summed E-state index contributed by atoms with van der Waals surface area (Å²) in [6, 6.07) is 20.1. The van der Waals surface area contributed by atoms with Crippen molar-refractivity contribution >= 4 is 11.4 Å². The Hall–Kier alpha value is -3.31. The summed E-state index contributed by atoms with van der Waals surface area (Å²) in [4.78, 5) is 17.8. The number of aryl methyl sites for hydroxylation is 2. The minimum atomic E-state index is 0.0474. The Morgan fingerprint density at radius 1 is 1.03 bits per heavy atom. The van der Waals surface area contributed by atoms with Crippen LogP contribution in [0.1, 0.15) is 60.1 Å². The van der Waals surface area contributed by atoms with E-state index in [9.17, 15) is 9.90 Å². The lowest BCUT2D eigenvalue weighted by atomic mass is 9.86. The SMILES string of the molecule is Cc1cc2nc(CC(=O)c3ccc(C(C)(C)C)cc3)cc(-c3cccc(CCCO)c3)n2n1. The summed E-state index contributed by atoms with van der Waals surface area (Å²) in [7, 11) is 0. The maximum absolute atomic E-state index is 13.1. The van der Waals surface area contributed by atoms with Gasteiger partial charge in [0, 0.05) is 23.8 Å². The van der Waals surface area contributed by atoms with E-state index in [-0.39, 0.29) is 24.2 Å². The number of Topliss-reactive ketones (excluding diaryl/α,β-unsaturated/α-hetero) is 1. The molecule has 0 amide bonds. The fourth-order valence-electron chi connectivity index (χ4n) is 4.03. The molecule has 4 rings (SSSR count). The van der Waals surface area contributed by atoms with E-state index in [1.807, 2.05) is 60.0 Å². The molecule has 4 aromatic rings. The Balaban J connectivity index is 1.67. The number of aliphatic hydroxyl groups excluding tert-OH is 1. The zero-order valence-electron chi connectivity index (χ0n) is 19.8. The molecule has 0 saturated heterocycles. The van der Waals surface area contributed by atoms with Gasteiger partial charge in [-0.15, -0.1) is 0 Å². The van der Waals surface area contributed by atoms with E-state index in [2.05, 4.69) is 38.0 Å². The molecular formula is C28H31N3O2. The zero-order chi connectivity index (χ0) is 23.6. The number of aliphatic hydroxyl groups is 1. The first-order valence-corrected chi connectivity index (χ1v) is 11.4. The van der Waals surface area contributed by atoms with Gasteiger partial charge in [0.1, 0.15) is 0 Å². The average Bonchev–Trinajstić information content (AvgIpc) is 3.16. The molecule has 0 aliphatic rings. The van der Waals surface area contributed by atoms with Gasteiger partial charge in [-0.25, -0.2) is 9.50 Å². The molecule has 0 radical (unpaired) electrons. The minimum Gasteiger partial charge on any atom is -0.396 e. The molecule has 2 aromatic carbocycles. The van der Waals surface area contributed by atoms with E-state index < -0.39 is 0 Å². The highest BCUT2D eigenvalue weighted by Gasteiger charge is 2.16. The van der Waals surface area contributed by atoms with Gasteiger partial charge in [-0.2, -0.15) is 5.10 Å². The van der Waals surface area contributed by atoms with Crippen molar-refractivity contribution in [3.63, 3.8) is 0 Å². The van der Waals surface area contributed by atoms with Crippen LogP contribution >= 0.6 is 0 Å². The molecule has 0 saturated carbocycles.